The minimum absolute atomic E-state index is 0. The summed E-state index contributed by atoms with van der Waals surface area (Å²) >= 11 is 0. The summed E-state index contributed by atoms with van der Waals surface area (Å²) < 4.78 is 0. The zero-order chi connectivity index (χ0) is 35.8. The van der Waals surface area contributed by atoms with Crippen molar-refractivity contribution >= 4 is 61.6 Å². The second-order valence-electron chi connectivity index (χ2n) is 2.50. The van der Waals surface area contributed by atoms with Crippen LogP contribution in [0.2, 0.25) is 0 Å². The molecule has 0 saturated carbocycles. The van der Waals surface area contributed by atoms with Gasteiger partial charge in [-0.25, -0.2) is 0 Å². The van der Waals surface area contributed by atoms with E-state index in [1.54, 1.807) is 0 Å². The molecule has 0 bridgehead atoms. The van der Waals surface area contributed by atoms with E-state index in [1.165, 1.54) is 0 Å². The Hall–Kier alpha value is 25.4. The number of carbonyl (C=O) groups is 10. The second-order valence-corrected chi connectivity index (χ2v) is 2.50. The second kappa shape index (κ2) is 191. The number of hydrogen-bond acceptors (Lipinski definition) is 30. The van der Waals surface area contributed by atoms with E-state index >= 15 is 0 Å². The number of carbonyl (C=O) groups excluding carboxylic acids is 10. The number of rotatable bonds is 0. The topological polar surface area (TPSA) is 632 Å². The van der Waals surface area contributed by atoms with Crippen molar-refractivity contribution in [2.75, 3.05) is 0 Å². The fraction of sp³-hybridized carbons (Fsp3) is 0. The molecule has 0 aromatic heterocycles. The molecular weight excluding hydrogens is 1380 g/mol. The minimum Gasteiger partial charge on any atom is -0.652 e. The first-order valence-electron chi connectivity index (χ1n) is 6.12. The van der Waals surface area contributed by atoms with Gasteiger partial charge < -0.3 is 150 Å². The molecule has 30 nitrogen and oxygen atoms in total. The van der Waals surface area contributed by atoms with E-state index < -0.39 is 61.6 Å². The third-order valence-electron chi connectivity index (χ3n) is 0. The van der Waals surface area contributed by atoms with Gasteiger partial charge in [0, 0.05) is 0 Å². The van der Waals surface area contributed by atoms with Gasteiger partial charge in [0.2, 0.25) is 0 Å². The number of carboxylic acid groups (broad SMARTS) is 20. The summed E-state index contributed by atoms with van der Waals surface area (Å²) in [6, 6.07) is 0. The molecule has 50 heteroatoms. The predicted molar refractivity (Wildman–Crippen MR) is 54.0 cm³/mol. The van der Waals surface area contributed by atoms with Crippen LogP contribution in [0.5, 0.6) is 0 Å². The summed E-state index contributed by atoms with van der Waals surface area (Å²) in [5.74, 6) is 0. The van der Waals surface area contributed by atoms with Crippen molar-refractivity contribution < 1.29 is 1180 Å². The van der Waals surface area contributed by atoms with Crippen molar-refractivity contribution in [3.05, 3.63) is 0 Å². The molecule has 240 valence electrons. The van der Waals surface area contributed by atoms with Crippen LogP contribution in [0, 0.1) is 0 Å². The molecule has 0 aliphatic carbocycles. The Morgan fingerprint density at radius 3 is 0.117 bits per heavy atom. The van der Waals surface area contributed by atoms with Crippen molar-refractivity contribution in [1.29, 1.82) is 0 Å². The number of hydrogen-bond donors (Lipinski definition) is 0. The maximum Gasteiger partial charge on any atom is 1.00 e. The van der Waals surface area contributed by atoms with Gasteiger partial charge in [0.05, 0.1) is 0 Å². The van der Waals surface area contributed by atoms with Gasteiger partial charge in [0.1, 0.15) is 0 Å². The monoisotopic (exact) mass is 1380 g/mol. The molecule has 0 aromatic carbocycles. The zero-order valence-corrected chi connectivity index (χ0v) is 99.7. The molecule has 60 heavy (non-hydrogen) atoms. The normalized spacial score (nSPS) is 4.00. The van der Waals surface area contributed by atoms with E-state index in [-0.39, 0.29) is 1030 Å². The zero-order valence-electron chi connectivity index (χ0n) is 37.2. The average molecular weight is 1380 g/mol. The van der Waals surface area contributed by atoms with Gasteiger partial charge in [-0.15, -0.1) is 0 Å². The summed E-state index contributed by atoms with van der Waals surface area (Å²) in [6.07, 6.45) is -23.3. The van der Waals surface area contributed by atoms with E-state index in [0.717, 1.165) is 0 Å². The van der Waals surface area contributed by atoms with E-state index in [4.69, 9.17) is 150 Å². The third kappa shape index (κ3) is 877. The fourth-order valence-corrected chi connectivity index (χ4v) is 0. The van der Waals surface area contributed by atoms with Crippen LogP contribution in [-0.4, -0.2) is 61.6 Å². The van der Waals surface area contributed by atoms with Crippen LogP contribution in [0.4, 0.5) is 47.9 Å². The Morgan fingerprint density at radius 1 is 0.117 bits per heavy atom. The Bertz CT molecular complexity index is 517. The molecule has 0 unspecified atom stereocenters. The van der Waals surface area contributed by atoms with Gasteiger partial charge >= 0.3 is 1030 Å². The van der Waals surface area contributed by atoms with E-state index in [9.17, 15) is 0 Å². The van der Waals surface area contributed by atoms with Gasteiger partial charge in [-0.05, 0) is 61.6 Å². The first kappa shape index (κ1) is 198. The summed E-state index contributed by atoms with van der Waals surface area (Å²) in [5, 5.41) is 167. The largest absolute Gasteiger partial charge is 1.00 e. The molecule has 0 aromatic rings. The molecule has 0 aliphatic heterocycles. The van der Waals surface area contributed by atoms with Gasteiger partial charge in [0.25, 0.3) is 0 Å². The smallest absolute Gasteiger partial charge is 0.652 e. The molecule has 0 rings (SSSR count). The van der Waals surface area contributed by atoms with Gasteiger partial charge in [0.15, 0.2) is 0 Å². The third-order valence-corrected chi connectivity index (χ3v) is 0. The van der Waals surface area contributed by atoms with Crippen molar-refractivity contribution in [3.8, 4) is 0 Å². The van der Waals surface area contributed by atoms with Crippen LogP contribution >= 0.6 is 0 Å². The van der Waals surface area contributed by atoms with Gasteiger partial charge in [-0.1, -0.05) is 0 Å². The van der Waals surface area contributed by atoms with Crippen molar-refractivity contribution in [2.45, 2.75) is 0 Å². The summed E-state index contributed by atoms with van der Waals surface area (Å²) in [7, 11) is 0. The fourth-order valence-electron chi connectivity index (χ4n) is 0. The van der Waals surface area contributed by atoms with Crippen LogP contribution in [-0.2, 0) is 0 Å². The quantitative estimate of drug-likeness (QED) is 0.203. The molecule has 0 aliphatic rings. The molecule has 0 fully saturated rings. The predicted octanol–water partition coefficient (Wildman–Crippen LogP) is -84.4. The summed E-state index contributed by atoms with van der Waals surface area (Å²) in [4.78, 5) is 83.3. The Balaban J connectivity index is -0.00000000574. The molecule has 0 radical (unpaired) electrons. The van der Waals surface area contributed by atoms with Crippen molar-refractivity contribution in [2.24, 2.45) is 0 Å². The Morgan fingerprint density at radius 2 is 0.117 bits per heavy atom. The van der Waals surface area contributed by atoms with E-state index in [0.29, 0.717) is 0 Å². The minimum atomic E-state index is -2.33. The van der Waals surface area contributed by atoms with Crippen LogP contribution in [0.15, 0.2) is 0 Å². The molecule has 0 atom stereocenters. The molecule has 0 saturated heterocycles. The maximum absolute atomic E-state index is 8.33. The van der Waals surface area contributed by atoms with E-state index in [1.807, 2.05) is 0 Å². The van der Waals surface area contributed by atoms with Crippen molar-refractivity contribution in [3.63, 3.8) is 0 Å². The summed E-state index contributed by atoms with van der Waals surface area (Å²) in [5.41, 5.74) is 0. The van der Waals surface area contributed by atoms with Crippen LogP contribution < -0.4 is 1130 Å². The van der Waals surface area contributed by atoms with Crippen LogP contribution in [0.1, 0.15) is 0 Å². The van der Waals surface area contributed by atoms with Gasteiger partial charge in [-0.3, -0.25) is 0 Å². The maximum atomic E-state index is 8.33. The molecule has 0 spiro atoms. The van der Waals surface area contributed by atoms with Crippen LogP contribution in [0.3, 0.4) is 0 Å². The molecule has 0 amide bonds. The van der Waals surface area contributed by atoms with E-state index in [2.05, 4.69) is 0 Å². The standard InChI is InChI=1S/10CH2O3.20K/c10*2-1(3)4;;;;;;;;;;;;;;;;;;;;/h10*(H2,2,3,4);;;;;;;;;;;;;;;;;;;;/q;;;;;;;;;;20*+1/p-20. The first-order valence-corrected chi connectivity index (χ1v) is 6.12. The Labute approximate surface area is 1190 Å². The molecule has 0 N–H and O–H groups in total. The average Bonchev–Trinajstić information content (AvgIpc) is 2.47. The molecule has 0 heterocycles. The Kier molecular flexibility index (Phi) is 632. The molecular formula is C10K20O30. The first-order chi connectivity index (χ1) is 17.3. The van der Waals surface area contributed by atoms with Crippen molar-refractivity contribution in [1.82, 2.24) is 0 Å². The van der Waals surface area contributed by atoms with Gasteiger partial charge in [-0.2, -0.15) is 0 Å². The summed E-state index contributed by atoms with van der Waals surface area (Å²) in [6.45, 7) is 0. The van der Waals surface area contributed by atoms with Crippen LogP contribution in [0.25, 0.3) is 0 Å². The SMILES string of the molecule is O=C([O-])[O-].O=C([O-])[O-].O=C([O-])[O-].O=C([O-])[O-].O=C([O-])[O-].O=C([O-])[O-].O=C([O-])[O-].O=C([O-])[O-].O=C([O-])[O-].O=C([O-])[O-].[K+].[K+].[K+].[K+].[K+].[K+].[K+].[K+].[K+].[K+].[K+].[K+].[K+].[K+].[K+].[K+].[K+].[K+].[K+].[K+].